The smallest absolute Gasteiger partial charge is 0.326 e. The normalized spacial score (nSPS) is 16.7. The van der Waals surface area contributed by atoms with Gasteiger partial charge in [-0.2, -0.15) is 17.0 Å². The van der Waals surface area contributed by atoms with Crippen molar-refractivity contribution in [1.82, 2.24) is 10.6 Å². The molecule has 0 bridgehead atoms. The molecule has 1 aliphatic rings. The van der Waals surface area contributed by atoms with Crippen LogP contribution in [0.15, 0.2) is 36.0 Å². The van der Waals surface area contributed by atoms with E-state index in [1.54, 1.807) is 12.1 Å². The molecule has 1 heterocycles. The zero-order chi connectivity index (χ0) is 19.6. The minimum Gasteiger partial charge on any atom is -0.486 e. The Morgan fingerprint density at radius 2 is 2.19 bits per heavy atom. The van der Waals surface area contributed by atoms with E-state index in [0.29, 0.717) is 30.4 Å². The summed E-state index contributed by atoms with van der Waals surface area (Å²) < 4.78 is 11.4. The van der Waals surface area contributed by atoms with Gasteiger partial charge in [0.2, 0.25) is 0 Å². The van der Waals surface area contributed by atoms with Crippen LogP contribution in [-0.2, 0) is 9.59 Å². The van der Waals surface area contributed by atoms with Gasteiger partial charge < -0.3 is 25.2 Å². The van der Waals surface area contributed by atoms with Crippen LogP contribution in [0.2, 0.25) is 0 Å². The number of carbonyl (C=O) groups excluding carboxylic acids is 1. The van der Waals surface area contributed by atoms with E-state index < -0.39 is 17.9 Å². The molecule has 9 heteroatoms. The molecule has 0 aliphatic carbocycles. The molecule has 0 fully saturated rings. The van der Waals surface area contributed by atoms with Gasteiger partial charge in [-0.05, 0) is 30.6 Å². The van der Waals surface area contributed by atoms with E-state index in [9.17, 15) is 9.59 Å². The number of hydrogen-bond donors (Lipinski definition) is 3. The first-order valence-electron chi connectivity index (χ1n) is 8.30. The Bertz CT molecular complexity index is 747. The number of nitrogens with one attached hydrogen (secondary N) is 2. The molecule has 0 saturated heterocycles. The van der Waals surface area contributed by atoms with Gasteiger partial charge in [0.15, 0.2) is 11.5 Å². The van der Waals surface area contributed by atoms with Crippen molar-refractivity contribution < 1.29 is 24.2 Å². The largest absolute Gasteiger partial charge is 0.486 e. The second kappa shape index (κ2) is 10.3. The minimum absolute atomic E-state index is 0.206. The van der Waals surface area contributed by atoms with Crippen molar-refractivity contribution in [2.45, 2.75) is 18.6 Å². The van der Waals surface area contributed by atoms with E-state index in [-0.39, 0.29) is 18.1 Å². The molecule has 1 aromatic rings. The number of carboxylic acid groups (broad SMARTS) is 1. The maximum Gasteiger partial charge on any atom is 0.326 e. The van der Waals surface area contributed by atoms with Crippen molar-refractivity contribution in [3.8, 4) is 17.6 Å². The predicted molar refractivity (Wildman–Crippen MR) is 101 cm³/mol. The molecule has 0 aromatic heterocycles. The fourth-order valence-electron chi connectivity index (χ4n) is 2.33. The maximum absolute atomic E-state index is 12.1. The third kappa shape index (κ3) is 6.11. The van der Waals surface area contributed by atoms with Gasteiger partial charge in [-0.15, -0.1) is 0 Å². The van der Waals surface area contributed by atoms with Crippen molar-refractivity contribution in [1.29, 1.82) is 5.26 Å². The van der Waals surface area contributed by atoms with Gasteiger partial charge in [0.25, 0.3) is 5.91 Å². The molecule has 0 radical (unpaired) electrons. The number of ether oxygens (including phenoxy) is 2. The first-order valence-corrected chi connectivity index (χ1v) is 9.69. The average Bonchev–Trinajstić information content (AvgIpc) is 2.68. The van der Waals surface area contributed by atoms with Crippen molar-refractivity contribution in [2.24, 2.45) is 0 Å². The fourth-order valence-corrected chi connectivity index (χ4v) is 2.81. The molecular weight excluding hydrogens is 370 g/mol. The number of aliphatic carboxylic acids is 1. The van der Waals surface area contributed by atoms with Crippen LogP contribution in [0.4, 0.5) is 0 Å². The Morgan fingerprint density at radius 1 is 1.44 bits per heavy atom. The summed E-state index contributed by atoms with van der Waals surface area (Å²) in [5, 5.41) is 23.5. The van der Waals surface area contributed by atoms with E-state index in [1.807, 2.05) is 24.5 Å². The molecule has 2 atom stereocenters. The molecular formula is C18H21N3O5S. The van der Waals surface area contributed by atoms with Gasteiger partial charge in [-0.3, -0.25) is 4.79 Å². The molecule has 2 rings (SSSR count). The molecule has 1 aromatic carbocycles. The van der Waals surface area contributed by atoms with Crippen LogP contribution in [0, 0.1) is 11.3 Å². The third-order valence-corrected chi connectivity index (χ3v) is 4.38. The van der Waals surface area contributed by atoms with Gasteiger partial charge in [-0.1, -0.05) is 12.1 Å². The molecule has 2 unspecified atom stereocenters. The molecule has 144 valence electrons. The highest BCUT2D eigenvalue weighted by atomic mass is 32.2. The summed E-state index contributed by atoms with van der Waals surface area (Å²) in [5.74, 6) is 0.0302. The van der Waals surface area contributed by atoms with Gasteiger partial charge >= 0.3 is 5.97 Å². The summed E-state index contributed by atoms with van der Waals surface area (Å²) in [7, 11) is 0. The minimum atomic E-state index is -1.13. The Morgan fingerprint density at radius 3 is 2.85 bits per heavy atom. The first-order chi connectivity index (χ1) is 13.0. The predicted octanol–water partition coefficient (Wildman–Crippen LogP) is 1.15. The van der Waals surface area contributed by atoms with Gasteiger partial charge in [-0.25, -0.2) is 4.79 Å². The summed E-state index contributed by atoms with van der Waals surface area (Å²) in [6.45, 7) is 0.656. The highest BCUT2D eigenvalue weighted by Crippen LogP contribution is 2.30. The molecule has 1 amide bonds. The Kier molecular flexibility index (Phi) is 7.82. The number of rotatable bonds is 9. The second-order valence-electron chi connectivity index (χ2n) is 5.72. The number of amides is 1. The maximum atomic E-state index is 12.1. The van der Waals surface area contributed by atoms with E-state index in [4.69, 9.17) is 19.8 Å². The second-order valence-corrected chi connectivity index (χ2v) is 6.71. The molecule has 1 aliphatic heterocycles. The van der Waals surface area contributed by atoms with E-state index >= 15 is 0 Å². The number of carbonyl (C=O) groups is 2. The van der Waals surface area contributed by atoms with Crippen LogP contribution in [0.5, 0.6) is 11.5 Å². The third-order valence-electron chi connectivity index (χ3n) is 3.74. The summed E-state index contributed by atoms with van der Waals surface area (Å²) in [5.41, 5.74) is -0.206. The Balaban J connectivity index is 1.87. The number of nitriles is 1. The fraction of sp³-hybridized carbons (Fsp3) is 0.389. The monoisotopic (exact) mass is 391 g/mol. The van der Waals surface area contributed by atoms with Crippen molar-refractivity contribution in [3.05, 3.63) is 36.0 Å². The summed E-state index contributed by atoms with van der Waals surface area (Å²) in [6, 6.07) is 8.04. The topological polar surface area (TPSA) is 121 Å². The lowest BCUT2D eigenvalue weighted by atomic mass is 10.2. The quantitative estimate of drug-likeness (QED) is 0.423. The molecule has 3 N–H and O–H groups in total. The molecule has 27 heavy (non-hydrogen) atoms. The zero-order valence-corrected chi connectivity index (χ0v) is 15.6. The van der Waals surface area contributed by atoms with Gasteiger partial charge in [0, 0.05) is 6.20 Å². The standard InChI is InChI=1S/C18H21N3O5S/c1-27-7-6-14(18(23)24)21-17(22)12(8-19)9-20-10-13-11-25-15-4-2-3-5-16(15)26-13/h2-5,9,13-14,20H,6-7,10-11H2,1H3,(H,21,22)(H,23,24)/b12-9-. The van der Waals surface area contributed by atoms with Crippen molar-refractivity contribution >= 4 is 23.6 Å². The van der Waals surface area contributed by atoms with Gasteiger partial charge in [0.05, 0.1) is 6.54 Å². The Labute approximate surface area is 161 Å². The lowest BCUT2D eigenvalue weighted by Gasteiger charge is -2.26. The number of benzene rings is 1. The zero-order valence-electron chi connectivity index (χ0n) is 14.8. The van der Waals surface area contributed by atoms with E-state index in [1.165, 1.54) is 18.0 Å². The number of carboxylic acids is 1. The first kappa shape index (κ1) is 20.5. The summed E-state index contributed by atoms with van der Waals surface area (Å²) in [6.07, 6.45) is 3.10. The van der Waals surface area contributed by atoms with Gasteiger partial charge in [0.1, 0.15) is 30.4 Å². The Hall–Kier alpha value is -2.86. The molecule has 0 saturated carbocycles. The molecule has 0 spiro atoms. The summed E-state index contributed by atoms with van der Waals surface area (Å²) >= 11 is 1.48. The van der Waals surface area contributed by atoms with Crippen LogP contribution in [0.3, 0.4) is 0 Å². The lowest BCUT2D eigenvalue weighted by molar-refractivity contribution is -0.141. The molecule has 8 nitrogen and oxygen atoms in total. The van der Waals surface area contributed by atoms with Crippen molar-refractivity contribution in [3.63, 3.8) is 0 Å². The summed E-state index contributed by atoms with van der Waals surface area (Å²) in [4.78, 5) is 23.3. The van der Waals surface area contributed by atoms with Crippen LogP contribution >= 0.6 is 11.8 Å². The highest BCUT2D eigenvalue weighted by molar-refractivity contribution is 7.98. The van der Waals surface area contributed by atoms with Crippen LogP contribution in [-0.4, -0.2) is 54.3 Å². The number of para-hydroxylation sites is 2. The number of thioether (sulfide) groups is 1. The number of nitrogens with zero attached hydrogens (tertiary/aromatic N) is 1. The number of hydrogen-bond acceptors (Lipinski definition) is 7. The SMILES string of the molecule is CSCCC(NC(=O)/C(C#N)=C\NCC1COc2ccccc2O1)C(=O)O. The van der Waals surface area contributed by atoms with Crippen LogP contribution in [0.25, 0.3) is 0 Å². The number of fused-ring (bicyclic) bond motifs is 1. The average molecular weight is 391 g/mol. The van der Waals surface area contributed by atoms with Crippen LogP contribution in [0.1, 0.15) is 6.42 Å². The van der Waals surface area contributed by atoms with Crippen LogP contribution < -0.4 is 20.1 Å². The van der Waals surface area contributed by atoms with E-state index in [2.05, 4.69) is 10.6 Å². The lowest BCUT2D eigenvalue weighted by Crippen LogP contribution is -2.42. The highest BCUT2D eigenvalue weighted by Gasteiger charge is 2.22. The van der Waals surface area contributed by atoms with Crippen molar-refractivity contribution in [2.75, 3.05) is 25.2 Å². The van der Waals surface area contributed by atoms with E-state index in [0.717, 1.165) is 0 Å².